The first-order valence-electron chi connectivity index (χ1n) is 7.56. The van der Waals surface area contributed by atoms with Crippen LogP contribution < -0.4 is 5.32 Å². The zero-order valence-electron chi connectivity index (χ0n) is 13.1. The van der Waals surface area contributed by atoms with Gasteiger partial charge in [-0.3, -0.25) is 4.79 Å². The fraction of sp³-hybridized carbons (Fsp3) is 0.933. The third-order valence-electron chi connectivity index (χ3n) is 4.37. The maximum absolute atomic E-state index is 12.8. The van der Waals surface area contributed by atoms with Crippen molar-refractivity contribution >= 4 is 5.91 Å². The number of piperidine rings is 1. The van der Waals surface area contributed by atoms with Crippen LogP contribution in [0, 0.1) is 5.41 Å². The number of aliphatic hydroxyl groups excluding tert-OH is 1. The molecule has 2 aliphatic rings. The monoisotopic (exact) mass is 284 g/mol. The predicted octanol–water partition coefficient (Wildman–Crippen LogP) is 0.763. The fourth-order valence-electron chi connectivity index (χ4n) is 3.37. The molecule has 5 heteroatoms. The van der Waals surface area contributed by atoms with E-state index in [1.807, 2.05) is 18.7 Å². The molecule has 0 aromatic rings. The Balaban J connectivity index is 2.11. The molecule has 0 saturated carbocycles. The van der Waals surface area contributed by atoms with Crippen molar-refractivity contribution < 1.29 is 14.6 Å². The first kappa shape index (κ1) is 15.7. The molecule has 0 spiro atoms. The zero-order valence-corrected chi connectivity index (χ0v) is 13.1. The number of hydrogen-bond donors (Lipinski definition) is 2. The molecule has 0 radical (unpaired) electrons. The zero-order chi connectivity index (χ0) is 15.0. The summed E-state index contributed by atoms with van der Waals surface area (Å²) in [4.78, 5) is 14.7. The minimum Gasteiger partial charge on any atom is -0.394 e. The number of amides is 1. The summed E-state index contributed by atoms with van der Waals surface area (Å²) in [6.07, 6.45) is 1.90. The van der Waals surface area contributed by atoms with E-state index in [0.29, 0.717) is 13.1 Å². The summed E-state index contributed by atoms with van der Waals surface area (Å²) in [6.45, 7) is 10.1. The van der Waals surface area contributed by atoms with Crippen LogP contribution in [0.25, 0.3) is 0 Å². The Bertz CT molecular complexity index is 368. The summed E-state index contributed by atoms with van der Waals surface area (Å²) in [5.41, 5.74) is -0.424. The maximum Gasteiger partial charge on any atom is 0.240 e. The van der Waals surface area contributed by atoms with Crippen LogP contribution >= 0.6 is 0 Å². The average molecular weight is 284 g/mol. The molecule has 1 amide bonds. The van der Waals surface area contributed by atoms with E-state index in [-0.39, 0.29) is 30.1 Å². The van der Waals surface area contributed by atoms with E-state index in [1.165, 1.54) is 0 Å². The molecule has 5 nitrogen and oxygen atoms in total. The first-order chi connectivity index (χ1) is 9.25. The van der Waals surface area contributed by atoms with Crippen LogP contribution in [0.3, 0.4) is 0 Å². The highest BCUT2D eigenvalue weighted by Gasteiger charge is 2.43. The third-order valence-corrected chi connectivity index (χ3v) is 4.37. The van der Waals surface area contributed by atoms with Gasteiger partial charge in [-0.25, -0.2) is 0 Å². The van der Waals surface area contributed by atoms with Crippen LogP contribution in [0.5, 0.6) is 0 Å². The Labute approximate surface area is 121 Å². The summed E-state index contributed by atoms with van der Waals surface area (Å²) in [5.74, 6) is 0.143. The molecule has 2 atom stereocenters. The number of nitrogens with zero attached hydrogens (tertiary/aromatic N) is 1. The second kappa shape index (κ2) is 5.62. The molecule has 2 aliphatic heterocycles. The van der Waals surface area contributed by atoms with Crippen LogP contribution in [-0.4, -0.2) is 59.9 Å². The molecule has 2 heterocycles. The number of carbonyl (C=O) groups is 1. The van der Waals surface area contributed by atoms with Crippen LogP contribution in [0.4, 0.5) is 0 Å². The van der Waals surface area contributed by atoms with Crippen LogP contribution in [0.2, 0.25) is 0 Å². The number of hydrogen-bond acceptors (Lipinski definition) is 4. The van der Waals surface area contributed by atoms with Gasteiger partial charge in [-0.05, 0) is 38.6 Å². The Hall–Kier alpha value is -0.650. The first-order valence-corrected chi connectivity index (χ1v) is 7.56. The molecule has 2 rings (SSSR count). The summed E-state index contributed by atoms with van der Waals surface area (Å²) in [6, 6.07) is -0.135. The summed E-state index contributed by atoms with van der Waals surface area (Å²) in [5, 5.41) is 12.7. The molecule has 0 bridgehead atoms. The Morgan fingerprint density at radius 3 is 2.70 bits per heavy atom. The predicted molar refractivity (Wildman–Crippen MR) is 77.4 cm³/mol. The molecule has 0 aromatic heterocycles. The number of carbonyl (C=O) groups excluding carboxylic acids is 1. The van der Waals surface area contributed by atoms with Crippen molar-refractivity contribution in [1.29, 1.82) is 0 Å². The lowest BCUT2D eigenvalue weighted by Crippen LogP contribution is -2.62. The van der Waals surface area contributed by atoms with Crippen molar-refractivity contribution in [3.63, 3.8) is 0 Å². The molecule has 0 aromatic carbocycles. The summed E-state index contributed by atoms with van der Waals surface area (Å²) < 4.78 is 5.78. The largest absolute Gasteiger partial charge is 0.394 e. The van der Waals surface area contributed by atoms with Gasteiger partial charge in [0.15, 0.2) is 0 Å². The van der Waals surface area contributed by atoms with Crippen molar-refractivity contribution in [2.24, 2.45) is 5.41 Å². The van der Waals surface area contributed by atoms with Crippen molar-refractivity contribution in [2.75, 3.05) is 26.2 Å². The molecule has 0 aliphatic carbocycles. The molecular formula is C15H28N2O3. The Morgan fingerprint density at radius 1 is 1.40 bits per heavy atom. The highest BCUT2D eigenvalue weighted by molar-refractivity contribution is 5.83. The molecule has 2 fully saturated rings. The number of morpholine rings is 1. The third kappa shape index (κ3) is 3.32. The standard InChI is InChI=1S/C15H28N2O3/c1-14(2)6-5-7-16-12(14)13(19)17-8-11(9-18)20-15(3,4)10-17/h11-12,16,18H,5-10H2,1-4H3. The Morgan fingerprint density at radius 2 is 2.10 bits per heavy atom. The van der Waals surface area contributed by atoms with Gasteiger partial charge in [-0.2, -0.15) is 0 Å². The quantitative estimate of drug-likeness (QED) is 0.786. The van der Waals surface area contributed by atoms with Crippen LogP contribution in [-0.2, 0) is 9.53 Å². The van der Waals surface area contributed by atoms with Gasteiger partial charge in [0.1, 0.15) is 0 Å². The maximum atomic E-state index is 12.8. The molecule has 2 saturated heterocycles. The molecule has 2 unspecified atom stereocenters. The summed E-state index contributed by atoms with van der Waals surface area (Å²) in [7, 11) is 0. The van der Waals surface area contributed by atoms with Gasteiger partial charge in [0.05, 0.1) is 24.4 Å². The topological polar surface area (TPSA) is 61.8 Å². The van der Waals surface area contributed by atoms with Crippen LogP contribution in [0.1, 0.15) is 40.5 Å². The number of rotatable bonds is 2. The molecular weight excluding hydrogens is 256 g/mol. The van der Waals surface area contributed by atoms with Gasteiger partial charge >= 0.3 is 0 Å². The van der Waals surface area contributed by atoms with E-state index >= 15 is 0 Å². The molecule has 2 N–H and O–H groups in total. The van der Waals surface area contributed by atoms with Gasteiger partial charge in [0.2, 0.25) is 5.91 Å². The normalized spacial score (nSPS) is 33.0. The van der Waals surface area contributed by atoms with E-state index in [9.17, 15) is 9.90 Å². The second-order valence-electron chi connectivity index (χ2n) is 7.38. The number of aliphatic hydroxyl groups is 1. The number of nitrogens with one attached hydrogen (secondary N) is 1. The van der Waals surface area contributed by atoms with Crippen molar-refractivity contribution in [2.45, 2.75) is 58.3 Å². The van der Waals surface area contributed by atoms with E-state index in [4.69, 9.17) is 4.74 Å². The van der Waals surface area contributed by atoms with Gasteiger partial charge in [0.25, 0.3) is 0 Å². The molecule has 20 heavy (non-hydrogen) atoms. The smallest absolute Gasteiger partial charge is 0.240 e. The minimum absolute atomic E-state index is 0.0213. The van der Waals surface area contributed by atoms with Crippen molar-refractivity contribution in [3.05, 3.63) is 0 Å². The van der Waals surface area contributed by atoms with Gasteiger partial charge in [-0.15, -0.1) is 0 Å². The average Bonchev–Trinajstić information content (AvgIpc) is 2.35. The van der Waals surface area contributed by atoms with Gasteiger partial charge in [0, 0.05) is 13.1 Å². The highest BCUT2D eigenvalue weighted by Crippen LogP contribution is 2.32. The highest BCUT2D eigenvalue weighted by atomic mass is 16.5. The van der Waals surface area contributed by atoms with Crippen molar-refractivity contribution in [1.82, 2.24) is 10.2 Å². The SMILES string of the molecule is CC1(C)CN(C(=O)C2NCCCC2(C)C)CC(CO)O1. The second-order valence-corrected chi connectivity index (χ2v) is 7.38. The van der Waals surface area contributed by atoms with Gasteiger partial charge in [-0.1, -0.05) is 13.8 Å². The van der Waals surface area contributed by atoms with Crippen LogP contribution in [0.15, 0.2) is 0 Å². The summed E-state index contributed by atoms with van der Waals surface area (Å²) >= 11 is 0. The van der Waals surface area contributed by atoms with Crippen molar-refractivity contribution in [3.8, 4) is 0 Å². The Kier molecular flexibility index (Phi) is 4.42. The van der Waals surface area contributed by atoms with E-state index in [1.54, 1.807) is 0 Å². The lowest BCUT2D eigenvalue weighted by Gasteiger charge is -2.46. The number of ether oxygens (including phenoxy) is 1. The van der Waals surface area contributed by atoms with E-state index < -0.39 is 5.60 Å². The lowest BCUT2D eigenvalue weighted by atomic mass is 9.77. The molecule has 116 valence electrons. The van der Waals surface area contributed by atoms with E-state index in [0.717, 1.165) is 19.4 Å². The van der Waals surface area contributed by atoms with Gasteiger partial charge < -0.3 is 20.1 Å². The van der Waals surface area contributed by atoms with E-state index in [2.05, 4.69) is 19.2 Å². The lowest BCUT2D eigenvalue weighted by molar-refractivity contribution is -0.170. The minimum atomic E-state index is -0.403. The fourth-order valence-corrected chi connectivity index (χ4v) is 3.37.